The predicted octanol–water partition coefficient (Wildman–Crippen LogP) is 2.96. The van der Waals surface area contributed by atoms with Crippen molar-refractivity contribution in [1.29, 1.82) is 0 Å². The van der Waals surface area contributed by atoms with Gasteiger partial charge < -0.3 is 10.4 Å². The summed E-state index contributed by atoms with van der Waals surface area (Å²) < 4.78 is 0. The normalized spacial score (nSPS) is 17.9. The Kier molecular flexibility index (Phi) is 4.24. The van der Waals surface area contributed by atoms with E-state index in [1.54, 1.807) is 0 Å². The van der Waals surface area contributed by atoms with Gasteiger partial charge in [0.1, 0.15) is 0 Å². The van der Waals surface area contributed by atoms with E-state index >= 15 is 0 Å². The molecule has 0 bridgehead atoms. The summed E-state index contributed by atoms with van der Waals surface area (Å²) in [6.45, 7) is 1.90. The summed E-state index contributed by atoms with van der Waals surface area (Å²) in [6.07, 6.45) is 4.62. The summed E-state index contributed by atoms with van der Waals surface area (Å²) in [4.78, 5) is 23.3. The molecule has 1 aliphatic carbocycles. The van der Waals surface area contributed by atoms with Crippen LogP contribution in [0.25, 0.3) is 0 Å². The minimum atomic E-state index is -0.843. The zero-order chi connectivity index (χ0) is 13.9. The van der Waals surface area contributed by atoms with Crippen LogP contribution in [0.5, 0.6) is 0 Å². The molecule has 0 atom stereocenters. The van der Waals surface area contributed by atoms with Gasteiger partial charge in [-0.05, 0) is 30.7 Å². The number of amides is 1. The Morgan fingerprint density at radius 3 is 2.53 bits per heavy atom. The van der Waals surface area contributed by atoms with E-state index in [2.05, 4.69) is 5.32 Å². The molecule has 1 aliphatic rings. The van der Waals surface area contributed by atoms with Crippen LogP contribution in [0, 0.1) is 6.92 Å². The highest BCUT2D eigenvalue weighted by Gasteiger charge is 2.36. The molecule has 4 nitrogen and oxygen atoms in total. The third-order valence-electron chi connectivity index (χ3n) is 3.78. The molecule has 2 N–H and O–H groups in total. The van der Waals surface area contributed by atoms with Gasteiger partial charge in [-0.25, -0.2) is 0 Å². The Morgan fingerprint density at radius 1 is 1.32 bits per heavy atom. The number of carboxylic acid groups (broad SMARTS) is 1. The average Bonchev–Trinajstić information content (AvgIpc) is 2.75. The lowest BCUT2D eigenvalue weighted by molar-refractivity contribution is -0.139. The first kappa shape index (κ1) is 14.1. The Hall–Kier alpha value is -1.36. The van der Waals surface area contributed by atoms with Crippen molar-refractivity contribution in [3.8, 4) is 0 Å². The lowest BCUT2D eigenvalue weighted by Crippen LogP contribution is -2.51. The summed E-state index contributed by atoms with van der Waals surface area (Å²) in [6, 6.07) is 0. The van der Waals surface area contributed by atoms with Gasteiger partial charge in [-0.1, -0.05) is 19.3 Å². The molecular formula is C14H19NO3S. The number of thiophene rings is 1. The van der Waals surface area contributed by atoms with E-state index in [0.29, 0.717) is 5.56 Å². The highest BCUT2D eigenvalue weighted by molar-refractivity contribution is 7.08. The topological polar surface area (TPSA) is 66.4 Å². The largest absolute Gasteiger partial charge is 0.481 e. The monoisotopic (exact) mass is 281 g/mol. The minimum absolute atomic E-state index is 0.0158. The SMILES string of the molecule is Cc1cscc1C(=O)NC1(CC(=O)O)CCCCC1. The Balaban J connectivity index is 2.14. The van der Waals surface area contributed by atoms with E-state index in [4.69, 9.17) is 5.11 Å². The van der Waals surface area contributed by atoms with E-state index in [0.717, 1.165) is 37.7 Å². The molecule has 1 fully saturated rings. The molecular weight excluding hydrogens is 262 g/mol. The molecule has 0 saturated heterocycles. The van der Waals surface area contributed by atoms with Gasteiger partial charge in [0, 0.05) is 5.38 Å². The fourth-order valence-corrected chi connectivity index (χ4v) is 3.59. The minimum Gasteiger partial charge on any atom is -0.481 e. The summed E-state index contributed by atoms with van der Waals surface area (Å²) in [5.41, 5.74) is 1.05. The highest BCUT2D eigenvalue weighted by Crippen LogP contribution is 2.31. The van der Waals surface area contributed by atoms with E-state index in [9.17, 15) is 9.59 Å². The highest BCUT2D eigenvalue weighted by atomic mass is 32.1. The zero-order valence-electron chi connectivity index (χ0n) is 11.1. The molecule has 0 radical (unpaired) electrons. The maximum atomic E-state index is 12.3. The van der Waals surface area contributed by atoms with Crippen LogP contribution in [0.1, 0.15) is 54.4 Å². The number of carbonyl (C=O) groups excluding carboxylic acids is 1. The first-order valence-electron chi connectivity index (χ1n) is 6.59. The summed E-state index contributed by atoms with van der Waals surface area (Å²) in [5.74, 6) is -0.980. The van der Waals surface area contributed by atoms with Gasteiger partial charge in [0.2, 0.25) is 0 Å². The van der Waals surface area contributed by atoms with E-state index < -0.39 is 11.5 Å². The number of carboxylic acids is 1. The second kappa shape index (κ2) is 5.74. The second-order valence-corrected chi connectivity index (χ2v) is 6.08. The van der Waals surface area contributed by atoms with Gasteiger partial charge in [-0.3, -0.25) is 9.59 Å². The molecule has 1 amide bonds. The lowest BCUT2D eigenvalue weighted by Gasteiger charge is -2.37. The van der Waals surface area contributed by atoms with Crippen molar-refractivity contribution in [3.05, 3.63) is 21.9 Å². The van der Waals surface area contributed by atoms with Crippen molar-refractivity contribution in [1.82, 2.24) is 5.32 Å². The van der Waals surface area contributed by atoms with Gasteiger partial charge in [0.05, 0.1) is 17.5 Å². The van der Waals surface area contributed by atoms with Crippen LogP contribution in [0.15, 0.2) is 10.8 Å². The predicted molar refractivity (Wildman–Crippen MR) is 74.6 cm³/mol. The average molecular weight is 281 g/mol. The number of hydrogen-bond donors (Lipinski definition) is 2. The van der Waals surface area contributed by atoms with Crippen LogP contribution in [0.3, 0.4) is 0 Å². The Bertz CT molecular complexity index is 475. The zero-order valence-corrected chi connectivity index (χ0v) is 11.9. The Morgan fingerprint density at radius 2 is 2.00 bits per heavy atom. The van der Waals surface area contributed by atoms with Crippen LogP contribution in [0.4, 0.5) is 0 Å². The van der Waals surface area contributed by atoms with Crippen LogP contribution in [-0.2, 0) is 4.79 Å². The third kappa shape index (κ3) is 3.35. The van der Waals surface area contributed by atoms with Gasteiger partial charge in [0.15, 0.2) is 0 Å². The molecule has 0 aliphatic heterocycles. The molecule has 1 aromatic heterocycles. The number of nitrogens with one attached hydrogen (secondary N) is 1. The Labute approximate surface area is 116 Å². The third-order valence-corrected chi connectivity index (χ3v) is 4.64. The van der Waals surface area contributed by atoms with E-state index in [-0.39, 0.29) is 12.3 Å². The molecule has 0 unspecified atom stereocenters. The van der Waals surface area contributed by atoms with Crippen LogP contribution >= 0.6 is 11.3 Å². The summed E-state index contributed by atoms with van der Waals surface area (Å²) in [5, 5.41) is 15.8. The molecule has 1 aromatic rings. The maximum absolute atomic E-state index is 12.3. The number of carbonyl (C=O) groups is 2. The first-order chi connectivity index (χ1) is 9.02. The molecule has 104 valence electrons. The number of hydrogen-bond acceptors (Lipinski definition) is 3. The summed E-state index contributed by atoms with van der Waals surface area (Å²) >= 11 is 1.49. The fraction of sp³-hybridized carbons (Fsp3) is 0.571. The van der Waals surface area contributed by atoms with Crippen molar-refractivity contribution in [2.45, 2.75) is 51.0 Å². The fourth-order valence-electron chi connectivity index (χ4n) is 2.77. The molecule has 19 heavy (non-hydrogen) atoms. The lowest BCUT2D eigenvalue weighted by atomic mass is 9.79. The van der Waals surface area contributed by atoms with Crippen molar-refractivity contribution < 1.29 is 14.7 Å². The molecule has 0 aromatic carbocycles. The molecule has 1 heterocycles. The van der Waals surface area contributed by atoms with Gasteiger partial charge in [-0.15, -0.1) is 0 Å². The van der Waals surface area contributed by atoms with Crippen molar-refractivity contribution in [2.24, 2.45) is 0 Å². The number of aryl methyl sites for hydroxylation is 1. The molecule has 0 spiro atoms. The van der Waals surface area contributed by atoms with Crippen LogP contribution in [0.2, 0.25) is 0 Å². The smallest absolute Gasteiger partial charge is 0.305 e. The summed E-state index contributed by atoms with van der Waals surface area (Å²) in [7, 11) is 0. The first-order valence-corrected chi connectivity index (χ1v) is 7.54. The van der Waals surface area contributed by atoms with Gasteiger partial charge in [-0.2, -0.15) is 11.3 Å². The van der Waals surface area contributed by atoms with Crippen molar-refractivity contribution in [2.75, 3.05) is 0 Å². The van der Waals surface area contributed by atoms with Crippen molar-refractivity contribution in [3.63, 3.8) is 0 Å². The molecule has 1 saturated carbocycles. The second-order valence-electron chi connectivity index (χ2n) is 5.33. The number of rotatable bonds is 4. The van der Waals surface area contributed by atoms with Crippen molar-refractivity contribution >= 4 is 23.2 Å². The standard InChI is InChI=1S/C14H19NO3S/c1-10-8-19-9-11(10)13(18)15-14(7-12(16)17)5-3-2-4-6-14/h8-9H,2-7H2,1H3,(H,15,18)(H,16,17). The van der Waals surface area contributed by atoms with E-state index in [1.807, 2.05) is 17.7 Å². The quantitative estimate of drug-likeness (QED) is 0.891. The van der Waals surface area contributed by atoms with Crippen LogP contribution in [-0.4, -0.2) is 22.5 Å². The van der Waals surface area contributed by atoms with E-state index in [1.165, 1.54) is 11.3 Å². The van der Waals surface area contributed by atoms with Crippen LogP contribution < -0.4 is 5.32 Å². The molecule has 5 heteroatoms. The maximum Gasteiger partial charge on any atom is 0.305 e. The molecule has 2 rings (SSSR count). The number of aliphatic carboxylic acids is 1. The van der Waals surface area contributed by atoms with Gasteiger partial charge >= 0.3 is 5.97 Å². The van der Waals surface area contributed by atoms with Gasteiger partial charge in [0.25, 0.3) is 5.91 Å².